The van der Waals surface area contributed by atoms with Crippen LogP contribution >= 0.6 is 0 Å². The van der Waals surface area contributed by atoms with E-state index in [0.717, 1.165) is 38.2 Å². The lowest BCUT2D eigenvalue weighted by molar-refractivity contribution is 0.0685. The van der Waals surface area contributed by atoms with Crippen molar-refractivity contribution in [2.75, 3.05) is 31.7 Å². The molecule has 1 aliphatic heterocycles. The number of nitrogens with two attached hydrogens (primary N) is 1. The summed E-state index contributed by atoms with van der Waals surface area (Å²) in [6.07, 6.45) is 2.12. The number of halogens is 1. The molecule has 0 aromatic heterocycles. The third kappa shape index (κ3) is 3.67. The molecule has 0 bridgehead atoms. The van der Waals surface area contributed by atoms with Gasteiger partial charge in [0.2, 0.25) is 0 Å². The van der Waals surface area contributed by atoms with Crippen LogP contribution in [0.4, 0.5) is 10.1 Å². The third-order valence-electron chi connectivity index (χ3n) is 3.78. The summed E-state index contributed by atoms with van der Waals surface area (Å²) in [5, 5.41) is 0. The Morgan fingerprint density at radius 2 is 2.11 bits per heavy atom. The SMILES string of the molecule is CC(N)c1ccc(N(C)CC2CCOCC2)c(F)c1. The van der Waals surface area contributed by atoms with Gasteiger partial charge in [0.25, 0.3) is 0 Å². The summed E-state index contributed by atoms with van der Waals surface area (Å²) in [5.74, 6) is 0.399. The van der Waals surface area contributed by atoms with Crippen molar-refractivity contribution in [2.24, 2.45) is 11.7 Å². The first-order valence-corrected chi connectivity index (χ1v) is 6.92. The first-order chi connectivity index (χ1) is 9.08. The third-order valence-corrected chi connectivity index (χ3v) is 3.78. The molecule has 0 amide bonds. The second kappa shape index (κ2) is 6.35. The number of ether oxygens (including phenoxy) is 1. The molecule has 1 atom stereocenters. The molecule has 1 unspecified atom stereocenters. The molecular formula is C15H23FN2O. The Bertz CT molecular complexity index is 417. The summed E-state index contributed by atoms with van der Waals surface area (Å²) in [4.78, 5) is 2.00. The van der Waals surface area contributed by atoms with E-state index in [-0.39, 0.29) is 11.9 Å². The monoisotopic (exact) mass is 266 g/mol. The predicted molar refractivity (Wildman–Crippen MR) is 75.8 cm³/mol. The first-order valence-electron chi connectivity index (χ1n) is 6.92. The largest absolute Gasteiger partial charge is 0.381 e. The maximum Gasteiger partial charge on any atom is 0.146 e. The lowest BCUT2D eigenvalue weighted by Crippen LogP contribution is -2.30. The van der Waals surface area contributed by atoms with Crippen LogP contribution < -0.4 is 10.6 Å². The molecule has 19 heavy (non-hydrogen) atoms. The number of anilines is 1. The van der Waals surface area contributed by atoms with Gasteiger partial charge in [0, 0.05) is 32.8 Å². The van der Waals surface area contributed by atoms with Gasteiger partial charge in [-0.05, 0) is 43.4 Å². The highest BCUT2D eigenvalue weighted by Crippen LogP contribution is 2.24. The minimum Gasteiger partial charge on any atom is -0.381 e. The van der Waals surface area contributed by atoms with Gasteiger partial charge < -0.3 is 15.4 Å². The van der Waals surface area contributed by atoms with Gasteiger partial charge in [0.15, 0.2) is 0 Å². The van der Waals surface area contributed by atoms with E-state index < -0.39 is 0 Å². The van der Waals surface area contributed by atoms with Gasteiger partial charge in [-0.25, -0.2) is 4.39 Å². The maximum absolute atomic E-state index is 14.1. The lowest BCUT2D eigenvalue weighted by atomic mass is 9.99. The molecule has 0 radical (unpaired) electrons. The molecule has 1 aromatic rings. The predicted octanol–water partition coefficient (Wildman–Crippen LogP) is 2.71. The molecule has 0 aliphatic carbocycles. The summed E-state index contributed by atoms with van der Waals surface area (Å²) >= 11 is 0. The lowest BCUT2D eigenvalue weighted by Gasteiger charge is -2.28. The van der Waals surface area contributed by atoms with Crippen molar-refractivity contribution in [1.29, 1.82) is 0 Å². The Balaban J connectivity index is 2.03. The maximum atomic E-state index is 14.1. The van der Waals surface area contributed by atoms with E-state index in [9.17, 15) is 4.39 Å². The van der Waals surface area contributed by atoms with Gasteiger partial charge in [-0.15, -0.1) is 0 Å². The number of rotatable bonds is 4. The number of nitrogens with zero attached hydrogens (tertiary/aromatic N) is 1. The van der Waals surface area contributed by atoms with Crippen molar-refractivity contribution in [2.45, 2.75) is 25.8 Å². The van der Waals surface area contributed by atoms with Crippen LogP contribution in [0.25, 0.3) is 0 Å². The zero-order valence-corrected chi connectivity index (χ0v) is 11.7. The number of benzene rings is 1. The summed E-state index contributed by atoms with van der Waals surface area (Å²) in [6, 6.07) is 5.14. The van der Waals surface area contributed by atoms with Gasteiger partial charge in [0.05, 0.1) is 5.69 Å². The molecule has 2 rings (SSSR count). The molecular weight excluding hydrogens is 243 g/mol. The van der Waals surface area contributed by atoms with E-state index in [4.69, 9.17) is 10.5 Å². The van der Waals surface area contributed by atoms with Gasteiger partial charge in [-0.2, -0.15) is 0 Å². The zero-order chi connectivity index (χ0) is 13.8. The standard InChI is InChI=1S/C15H23FN2O/c1-11(17)13-3-4-15(14(16)9-13)18(2)10-12-5-7-19-8-6-12/h3-4,9,11-12H,5-8,10,17H2,1-2H3. The van der Waals surface area contributed by atoms with Crippen molar-refractivity contribution in [3.8, 4) is 0 Å². The highest BCUT2D eigenvalue weighted by Gasteiger charge is 2.18. The van der Waals surface area contributed by atoms with E-state index in [0.29, 0.717) is 11.6 Å². The fourth-order valence-corrected chi connectivity index (χ4v) is 2.53. The zero-order valence-electron chi connectivity index (χ0n) is 11.7. The number of hydrogen-bond donors (Lipinski definition) is 1. The van der Waals surface area contributed by atoms with Crippen LogP contribution in [0.3, 0.4) is 0 Å². The van der Waals surface area contributed by atoms with Crippen LogP contribution in [0, 0.1) is 11.7 Å². The molecule has 0 saturated carbocycles. The quantitative estimate of drug-likeness (QED) is 0.910. The van der Waals surface area contributed by atoms with E-state index in [1.807, 2.05) is 31.0 Å². The van der Waals surface area contributed by atoms with Crippen molar-refractivity contribution in [3.05, 3.63) is 29.6 Å². The van der Waals surface area contributed by atoms with E-state index in [1.54, 1.807) is 6.07 Å². The van der Waals surface area contributed by atoms with E-state index >= 15 is 0 Å². The molecule has 1 aromatic carbocycles. The van der Waals surface area contributed by atoms with Crippen molar-refractivity contribution >= 4 is 5.69 Å². The van der Waals surface area contributed by atoms with Crippen LogP contribution in [0.2, 0.25) is 0 Å². The Hall–Kier alpha value is -1.13. The summed E-state index contributed by atoms with van der Waals surface area (Å²) in [7, 11) is 1.94. The van der Waals surface area contributed by atoms with Crippen LogP contribution in [0.5, 0.6) is 0 Å². The first kappa shape index (κ1) is 14.3. The van der Waals surface area contributed by atoms with E-state index in [1.165, 1.54) is 0 Å². The van der Waals surface area contributed by atoms with E-state index in [2.05, 4.69) is 0 Å². The van der Waals surface area contributed by atoms with Crippen molar-refractivity contribution in [1.82, 2.24) is 0 Å². The average molecular weight is 266 g/mol. The van der Waals surface area contributed by atoms with Gasteiger partial charge in [-0.3, -0.25) is 0 Å². The second-order valence-corrected chi connectivity index (χ2v) is 5.44. The molecule has 1 heterocycles. The molecule has 1 saturated heterocycles. The second-order valence-electron chi connectivity index (χ2n) is 5.44. The summed E-state index contributed by atoms with van der Waals surface area (Å²) < 4.78 is 19.4. The molecule has 1 fully saturated rings. The minimum absolute atomic E-state index is 0.135. The molecule has 0 spiro atoms. The highest BCUT2D eigenvalue weighted by atomic mass is 19.1. The molecule has 1 aliphatic rings. The molecule has 3 nitrogen and oxygen atoms in total. The Kier molecular flexibility index (Phi) is 4.77. The number of hydrogen-bond acceptors (Lipinski definition) is 3. The molecule has 4 heteroatoms. The highest BCUT2D eigenvalue weighted by molar-refractivity contribution is 5.49. The topological polar surface area (TPSA) is 38.5 Å². The fraction of sp³-hybridized carbons (Fsp3) is 0.600. The minimum atomic E-state index is -0.190. The van der Waals surface area contributed by atoms with Gasteiger partial charge >= 0.3 is 0 Å². The summed E-state index contributed by atoms with van der Waals surface area (Å²) in [6.45, 7) is 4.38. The Labute approximate surface area is 114 Å². The molecule has 106 valence electrons. The van der Waals surface area contributed by atoms with Gasteiger partial charge in [-0.1, -0.05) is 6.07 Å². The Morgan fingerprint density at radius 3 is 2.68 bits per heavy atom. The fourth-order valence-electron chi connectivity index (χ4n) is 2.53. The smallest absolute Gasteiger partial charge is 0.146 e. The van der Waals surface area contributed by atoms with Gasteiger partial charge in [0.1, 0.15) is 5.82 Å². The van der Waals surface area contributed by atoms with Crippen LogP contribution in [-0.2, 0) is 4.74 Å². The van der Waals surface area contributed by atoms with Crippen LogP contribution in [-0.4, -0.2) is 26.8 Å². The van der Waals surface area contributed by atoms with Crippen LogP contribution in [0.1, 0.15) is 31.4 Å². The Morgan fingerprint density at radius 1 is 1.42 bits per heavy atom. The normalized spacial score (nSPS) is 18.3. The molecule has 2 N–H and O–H groups in total. The summed E-state index contributed by atoms with van der Waals surface area (Å²) in [5.41, 5.74) is 7.25. The van der Waals surface area contributed by atoms with Crippen molar-refractivity contribution < 1.29 is 9.13 Å². The van der Waals surface area contributed by atoms with Crippen molar-refractivity contribution in [3.63, 3.8) is 0 Å². The van der Waals surface area contributed by atoms with Crippen LogP contribution in [0.15, 0.2) is 18.2 Å². The average Bonchev–Trinajstić information content (AvgIpc) is 2.39.